The zero-order valence-corrected chi connectivity index (χ0v) is 17.9. The number of pyridine rings is 1. The van der Waals surface area contributed by atoms with E-state index < -0.39 is 23.3 Å². The van der Waals surface area contributed by atoms with Crippen LogP contribution in [0.5, 0.6) is 0 Å². The molecule has 0 fully saturated rings. The zero-order chi connectivity index (χ0) is 23.0. The summed E-state index contributed by atoms with van der Waals surface area (Å²) in [5.41, 5.74) is -0.689. The molecule has 3 aromatic carbocycles. The van der Waals surface area contributed by atoms with E-state index in [9.17, 15) is 27.9 Å². The fourth-order valence-electron chi connectivity index (χ4n) is 3.72. The molecule has 0 aliphatic heterocycles. The lowest BCUT2D eigenvalue weighted by Crippen LogP contribution is -2.28. The van der Waals surface area contributed by atoms with E-state index in [2.05, 4.69) is 15.9 Å². The van der Waals surface area contributed by atoms with E-state index in [-0.39, 0.29) is 23.2 Å². The highest BCUT2D eigenvalue weighted by molar-refractivity contribution is 9.10. The first kappa shape index (κ1) is 21.8. The molecule has 0 bridgehead atoms. The highest BCUT2D eigenvalue weighted by atomic mass is 79.9. The second-order valence-corrected chi connectivity index (χ2v) is 8.09. The summed E-state index contributed by atoms with van der Waals surface area (Å²) in [6.45, 7) is -0.323. The summed E-state index contributed by atoms with van der Waals surface area (Å²) in [5, 5.41) is 10.8. The van der Waals surface area contributed by atoms with Crippen LogP contribution < -0.4 is 5.56 Å². The molecule has 0 saturated carbocycles. The predicted molar refractivity (Wildman–Crippen MR) is 119 cm³/mol. The fraction of sp³-hybridized carbons (Fsp3) is 0.0833. The molecule has 1 aromatic heterocycles. The number of carboxylic acids is 1. The maximum atomic E-state index is 13.3. The number of benzene rings is 3. The Morgan fingerprint density at radius 1 is 0.938 bits per heavy atom. The topological polar surface area (TPSA) is 59.3 Å². The first-order chi connectivity index (χ1) is 15.2. The smallest absolute Gasteiger partial charge is 0.416 e. The number of hydrogen-bond donors (Lipinski definition) is 1. The van der Waals surface area contributed by atoms with Gasteiger partial charge in [-0.05, 0) is 46.8 Å². The molecule has 0 radical (unpaired) electrons. The van der Waals surface area contributed by atoms with Gasteiger partial charge in [0.2, 0.25) is 0 Å². The Morgan fingerprint density at radius 2 is 1.66 bits per heavy atom. The van der Waals surface area contributed by atoms with E-state index in [0.29, 0.717) is 21.0 Å². The van der Waals surface area contributed by atoms with Gasteiger partial charge in [-0.15, -0.1) is 0 Å². The van der Waals surface area contributed by atoms with Gasteiger partial charge in [-0.3, -0.25) is 9.36 Å². The van der Waals surface area contributed by atoms with E-state index in [4.69, 9.17) is 0 Å². The number of carboxylic acid groups (broad SMARTS) is 1. The van der Waals surface area contributed by atoms with Crippen molar-refractivity contribution in [3.05, 3.63) is 104 Å². The monoisotopic (exact) mass is 501 g/mol. The van der Waals surface area contributed by atoms with Gasteiger partial charge in [0.15, 0.2) is 0 Å². The predicted octanol–water partition coefficient (Wildman–Crippen LogP) is 6.20. The van der Waals surface area contributed by atoms with Crippen molar-refractivity contribution in [2.24, 2.45) is 0 Å². The first-order valence-corrected chi connectivity index (χ1v) is 10.3. The van der Waals surface area contributed by atoms with E-state index in [1.54, 1.807) is 48.5 Å². The fourth-order valence-corrected chi connectivity index (χ4v) is 4.08. The van der Waals surface area contributed by atoms with Crippen molar-refractivity contribution in [2.75, 3.05) is 0 Å². The summed E-state index contributed by atoms with van der Waals surface area (Å²) in [6, 6.07) is 18.1. The maximum Gasteiger partial charge on any atom is 0.416 e. The second kappa shape index (κ2) is 8.27. The molecule has 0 spiro atoms. The van der Waals surface area contributed by atoms with Gasteiger partial charge in [0.1, 0.15) is 5.69 Å². The van der Waals surface area contributed by atoms with E-state index in [1.165, 1.54) is 12.1 Å². The first-order valence-electron chi connectivity index (χ1n) is 9.47. The lowest BCUT2D eigenvalue weighted by atomic mass is 9.96. The minimum atomic E-state index is -4.55. The SMILES string of the molecule is O=C(O)c1c(-c2ccccc2)c2cc(Br)ccc2c(=O)n1Cc1cccc(C(F)(F)F)c1. The van der Waals surface area contributed by atoms with Gasteiger partial charge >= 0.3 is 12.1 Å². The van der Waals surface area contributed by atoms with Crippen molar-refractivity contribution in [3.63, 3.8) is 0 Å². The number of halogens is 4. The van der Waals surface area contributed by atoms with Crippen molar-refractivity contribution in [3.8, 4) is 11.1 Å². The van der Waals surface area contributed by atoms with Crippen LogP contribution in [0.3, 0.4) is 0 Å². The van der Waals surface area contributed by atoms with Crippen molar-refractivity contribution in [2.45, 2.75) is 12.7 Å². The van der Waals surface area contributed by atoms with Crippen LogP contribution in [0.2, 0.25) is 0 Å². The van der Waals surface area contributed by atoms with Crippen molar-refractivity contribution in [1.29, 1.82) is 0 Å². The summed E-state index contributed by atoms with van der Waals surface area (Å²) in [7, 11) is 0. The van der Waals surface area contributed by atoms with Crippen molar-refractivity contribution in [1.82, 2.24) is 4.57 Å². The van der Waals surface area contributed by atoms with Crippen LogP contribution in [0, 0.1) is 0 Å². The van der Waals surface area contributed by atoms with Crippen LogP contribution in [0.4, 0.5) is 13.2 Å². The van der Waals surface area contributed by atoms with Gasteiger partial charge < -0.3 is 5.11 Å². The van der Waals surface area contributed by atoms with Crippen LogP contribution in [-0.2, 0) is 12.7 Å². The minimum absolute atomic E-state index is 0.167. The molecule has 1 N–H and O–H groups in total. The molecule has 0 atom stereocenters. The summed E-state index contributed by atoms with van der Waals surface area (Å²) < 4.78 is 41.2. The Kier molecular flexibility index (Phi) is 5.64. The molecule has 4 aromatic rings. The van der Waals surface area contributed by atoms with Gasteiger partial charge in [-0.25, -0.2) is 4.79 Å². The minimum Gasteiger partial charge on any atom is -0.477 e. The molecule has 32 heavy (non-hydrogen) atoms. The normalized spacial score (nSPS) is 11.6. The second-order valence-electron chi connectivity index (χ2n) is 7.17. The van der Waals surface area contributed by atoms with Crippen LogP contribution >= 0.6 is 15.9 Å². The quantitative estimate of drug-likeness (QED) is 0.362. The molecule has 8 heteroatoms. The van der Waals surface area contributed by atoms with Crippen LogP contribution in [-0.4, -0.2) is 15.6 Å². The Morgan fingerprint density at radius 3 is 2.31 bits per heavy atom. The Labute approximate surface area is 188 Å². The van der Waals surface area contributed by atoms with Gasteiger partial charge in [0.05, 0.1) is 12.1 Å². The standard InChI is InChI=1S/C24H15BrF3NO3/c25-17-9-10-18-19(12-17)20(15-6-2-1-3-7-15)21(23(31)32)29(22(18)30)13-14-5-4-8-16(11-14)24(26,27)28/h1-12H,13H2,(H,31,32). The molecular formula is C24H15BrF3NO3. The maximum absolute atomic E-state index is 13.3. The molecule has 162 valence electrons. The molecule has 4 nitrogen and oxygen atoms in total. The molecule has 0 aliphatic rings. The van der Waals surface area contributed by atoms with Gasteiger partial charge in [0.25, 0.3) is 5.56 Å². The molecular weight excluding hydrogens is 487 g/mol. The Hall–Kier alpha value is -3.39. The molecule has 0 amide bonds. The van der Waals surface area contributed by atoms with E-state index in [1.807, 2.05) is 0 Å². The summed E-state index contributed by atoms with van der Waals surface area (Å²) in [4.78, 5) is 25.7. The molecule has 4 rings (SSSR count). The third kappa shape index (κ3) is 4.05. The number of rotatable bonds is 4. The third-order valence-electron chi connectivity index (χ3n) is 5.09. The van der Waals surface area contributed by atoms with Crippen LogP contribution in [0.1, 0.15) is 21.6 Å². The largest absolute Gasteiger partial charge is 0.477 e. The lowest BCUT2D eigenvalue weighted by molar-refractivity contribution is -0.137. The molecule has 0 saturated heterocycles. The highest BCUT2D eigenvalue weighted by Crippen LogP contribution is 2.33. The number of alkyl halides is 3. The molecule has 1 heterocycles. The van der Waals surface area contributed by atoms with Gasteiger partial charge in [-0.1, -0.05) is 58.4 Å². The number of nitrogens with zero attached hydrogens (tertiary/aromatic N) is 1. The number of hydrogen-bond acceptors (Lipinski definition) is 2. The van der Waals surface area contributed by atoms with E-state index in [0.717, 1.165) is 16.7 Å². The third-order valence-corrected chi connectivity index (χ3v) is 5.59. The molecule has 0 aliphatic carbocycles. The van der Waals surface area contributed by atoms with Crippen molar-refractivity contribution < 1.29 is 23.1 Å². The lowest BCUT2D eigenvalue weighted by Gasteiger charge is -2.18. The number of aromatic carboxylic acids is 1. The Bertz CT molecular complexity index is 1400. The average molecular weight is 502 g/mol. The van der Waals surface area contributed by atoms with Gasteiger partial charge in [-0.2, -0.15) is 13.2 Å². The summed E-state index contributed by atoms with van der Waals surface area (Å²) in [5.74, 6) is -1.35. The summed E-state index contributed by atoms with van der Waals surface area (Å²) in [6.07, 6.45) is -4.55. The zero-order valence-electron chi connectivity index (χ0n) is 16.4. The number of fused-ring (bicyclic) bond motifs is 1. The van der Waals surface area contributed by atoms with Crippen LogP contribution in [0.25, 0.3) is 21.9 Å². The van der Waals surface area contributed by atoms with E-state index >= 15 is 0 Å². The number of aromatic nitrogens is 1. The summed E-state index contributed by atoms with van der Waals surface area (Å²) >= 11 is 3.36. The number of carbonyl (C=O) groups is 1. The van der Waals surface area contributed by atoms with Gasteiger partial charge in [0, 0.05) is 15.4 Å². The van der Waals surface area contributed by atoms with Crippen molar-refractivity contribution >= 4 is 32.7 Å². The average Bonchev–Trinajstić information content (AvgIpc) is 2.75. The Balaban J connectivity index is 2.05. The van der Waals surface area contributed by atoms with Crippen LogP contribution in [0.15, 0.2) is 82.1 Å². The molecule has 0 unspecified atom stereocenters. The highest BCUT2D eigenvalue weighted by Gasteiger charge is 2.30.